The molecule has 0 saturated carbocycles. The Morgan fingerprint density at radius 2 is 2.43 bits per heavy atom. The maximum atomic E-state index is 5.91. The van der Waals surface area contributed by atoms with Gasteiger partial charge >= 0.3 is 0 Å². The van der Waals surface area contributed by atoms with E-state index in [0.717, 1.165) is 18.0 Å². The van der Waals surface area contributed by atoms with E-state index in [4.69, 9.17) is 11.6 Å². The van der Waals surface area contributed by atoms with Crippen LogP contribution in [0.25, 0.3) is 0 Å². The molecule has 3 nitrogen and oxygen atoms in total. The van der Waals surface area contributed by atoms with E-state index in [-0.39, 0.29) is 0 Å². The first kappa shape index (κ1) is 11.6. The molecule has 0 saturated heterocycles. The van der Waals surface area contributed by atoms with Crippen LogP contribution in [-0.2, 0) is 0 Å². The molecule has 1 N–H and O–H groups in total. The topological polar surface area (TPSA) is 37.8 Å². The summed E-state index contributed by atoms with van der Waals surface area (Å²) in [6, 6.07) is 0.384. The van der Waals surface area contributed by atoms with Crippen molar-refractivity contribution in [2.24, 2.45) is 0 Å². The summed E-state index contributed by atoms with van der Waals surface area (Å²) < 4.78 is 0. The molecule has 0 fully saturated rings. The van der Waals surface area contributed by atoms with Gasteiger partial charge in [0.1, 0.15) is 17.2 Å². The lowest BCUT2D eigenvalue weighted by molar-refractivity contribution is 0.766. The van der Waals surface area contributed by atoms with Gasteiger partial charge in [-0.2, -0.15) is 11.8 Å². The van der Waals surface area contributed by atoms with Crippen LogP contribution in [0.1, 0.15) is 13.3 Å². The minimum absolute atomic E-state index is 0.384. The number of halogens is 1. The molecule has 14 heavy (non-hydrogen) atoms. The van der Waals surface area contributed by atoms with Crippen molar-refractivity contribution in [1.82, 2.24) is 9.97 Å². The lowest BCUT2D eigenvalue weighted by Gasteiger charge is -2.14. The van der Waals surface area contributed by atoms with Gasteiger partial charge in [-0.15, -0.1) is 0 Å². The predicted octanol–water partition coefficient (Wildman–Crippen LogP) is 2.68. The van der Waals surface area contributed by atoms with Gasteiger partial charge in [-0.3, -0.25) is 0 Å². The number of hydrogen-bond donors (Lipinski definition) is 1. The minimum atomic E-state index is 0.384. The molecular weight excluding hydrogens is 218 g/mol. The van der Waals surface area contributed by atoms with Gasteiger partial charge in [-0.05, 0) is 25.4 Å². The second-order valence-corrected chi connectivity index (χ2v) is 4.44. The summed E-state index contributed by atoms with van der Waals surface area (Å²) >= 11 is 7.75. The highest BCUT2D eigenvalue weighted by molar-refractivity contribution is 7.98. The largest absolute Gasteiger partial charge is 0.366 e. The average molecular weight is 232 g/mol. The van der Waals surface area contributed by atoms with Gasteiger partial charge in [0.05, 0.1) is 6.20 Å². The van der Waals surface area contributed by atoms with E-state index in [9.17, 15) is 0 Å². The quantitative estimate of drug-likeness (QED) is 0.846. The molecule has 5 heteroatoms. The molecule has 0 bridgehead atoms. The zero-order valence-corrected chi connectivity index (χ0v) is 9.90. The standard InChI is InChI=1S/C9H14ClN3S/c1-7(3-4-14-2)13-9-8(10)5-11-6-12-9/h5-7H,3-4H2,1-2H3,(H,11,12,13). The lowest BCUT2D eigenvalue weighted by Crippen LogP contribution is -2.17. The molecule has 1 unspecified atom stereocenters. The average Bonchev–Trinajstić information content (AvgIpc) is 2.18. The van der Waals surface area contributed by atoms with Crippen molar-refractivity contribution in [3.8, 4) is 0 Å². The number of nitrogens with zero attached hydrogens (tertiary/aromatic N) is 2. The fourth-order valence-electron chi connectivity index (χ4n) is 1.02. The van der Waals surface area contributed by atoms with Crippen molar-refractivity contribution in [2.75, 3.05) is 17.3 Å². The molecule has 0 aliphatic rings. The van der Waals surface area contributed by atoms with Crippen LogP contribution in [0, 0.1) is 0 Å². The highest BCUT2D eigenvalue weighted by Gasteiger charge is 2.05. The summed E-state index contributed by atoms with van der Waals surface area (Å²) in [4.78, 5) is 7.89. The Hall–Kier alpha value is -0.480. The molecule has 0 spiro atoms. The first-order valence-corrected chi connectivity index (χ1v) is 6.22. The second kappa shape index (κ2) is 6.09. The van der Waals surface area contributed by atoms with Crippen molar-refractivity contribution in [3.63, 3.8) is 0 Å². The minimum Gasteiger partial charge on any atom is -0.366 e. The third-order valence-corrected chi connectivity index (χ3v) is 2.73. The Labute approximate surface area is 93.7 Å². The Balaban J connectivity index is 2.47. The van der Waals surface area contributed by atoms with Crippen LogP contribution in [0.15, 0.2) is 12.5 Å². The third kappa shape index (κ3) is 3.72. The first-order valence-electron chi connectivity index (χ1n) is 4.45. The van der Waals surface area contributed by atoms with E-state index >= 15 is 0 Å². The summed E-state index contributed by atoms with van der Waals surface area (Å²) in [5.41, 5.74) is 0. The summed E-state index contributed by atoms with van der Waals surface area (Å²) in [6.07, 6.45) is 6.29. The number of rotatable bonds is 5. The zero-order valence-electron chi connectivity index (χ0n) is 8.33. The summed E-state index contributed by atoms with van der Waals surface area (Å²) in [6.45, 7) is 2.12. The van der Waals surface area contributed by atoms with Gasteiger partial charge in [0.25, 0.3) is 0 Å². The van der Waals surface area contributed by atoms with Crippen molar-refractivity contribution < 1.29 is 0 Å². The SMILES string of the molecule is CSCCC(C)Nc1ncncc1Cl. The van der Waals surface area contributed by atoms with E-state index in [1.807, 2.05) is 11.8 Å². The Bertz CT molecular complexity index is 283. The van der Waals surface area contributed by atoms with E-state index in [2.05, 4.69) is 28.5 Å². The molecular formula is C9H14ClN3S. The molecule has 1 heterocycles. The zero-order chi connectivity index (χ0) is 10.4. The number of thioether (sulfide) groups is 1. The highest BCUT2D eigenvalue weighted by atomic mass is 35.5. The number of nitrogens with one attached hydrogen (secondary N) is 1. The lowest BCUT2D eigenvalue weighted by atomic mass is 10.2. The van der Waals surface area contributed by atoms with Gasteiger partial charge in [-0.1, -0.05) is 11.6 Å². The molecule has 0 aliphatic carbocycles. The van der Waals surface area contributed by atoms with Crippen LogP contribution < -0.4 is 5.32 Å². The fraction of sp³-hybridized carbons (Fsp3) is 0.556. The smallest absolute Gasteiger partial charge is 0.148 e. The molecule has 0 aliphatic heterocycles. The van der Waals surface area contributed by atoms with E-state index in [1.54, 1.807) is 6.20 Å². The van der Waals surface area contributed by atoms with Crippen LogP contribution in [0.5, 0.6) is 0 Å². The van der Waals surface area contributed by atoms with E-state index in [0.29, 0.717) is 11.1 Å². The Morgan fingerprint density at radius 3 is 3.07 bits per heavy atom. The van der Waals surface area contributed by atoms with Gasteiger partial charge in [0.15, 0.2) is 0 Å². The van der Waals surface area contributed by atoms with Crippen LogP contribution >= 0.6 is 23.4 Å². The summed E-state index contributed by atoms with van der Waals surface area (Å²) in [5.74, 6) is 1.85. The molecule has 0 radical (unpaired) electrons. The summed E-state index contributed by atoms with van der Waals surface area (Å²) in [7, 11) is 0. The van der Waals surface area contributed by atoms with Crippen molar-refractivity contribution in [3.05, 3.63) is 17.5 Å². The van der Waals surface area contributed by atoms with Crippen LogP contribution in [0.4, 0.5) is 5.82 Å². The van der Waals surface area contributed by atoms with Crippen LogP contribution in [0.3, 0.4) is 0 Å². The normalized spacial score (nSPS) is 12.5. The number of anilines is 1. The van der Waals surface area contributed by atoms with Gasteiger partial charge in [0, 0.05) is 6.04 Å². The van der Waals surface area contributed by atoms with Crippen LogP contribution in [0.2, 0.25) is 5.02 Å². The van der Waals surface area contributed by atoms with Gasteiger partial charge < -0.3 is 5.32 Å². The maximum absolute atomic E-state index is 5.91. The summed E-state index contributed by atoms with van der Waals surface area (Å²) in [5, 5.41) is 3.82. The molecule has 1 rings (SSSR count). The molecule has 78 valence electrons. The molecule has 0 aromatic carbocycles. The fourth-order valence-corrected chi connectivity index (χ4v) is 1.77. The molecule has 1 atom stereocenters. The van der Waals surface area contributed by atoms with Crippen LogP contribution in [-0.4, -0.2) is 28.0 Å². The number of hydrogen-bond acceptors (Lipinski definition) is 4. The molecule has 1 aromatic rings. The van der Waals surface area contributed by atoms with Gasteiger partial charge in [-0.25, -0.2) is 9.97 Å². The van der Waals surface area contributed by atoms with Crippen molar-refractivity contribution in [1.29, 1.82) is 0 Å². The third-order valence-electron chi connectivity index (χ3n) is 1.81. The Morgan fingerprint density at radius 1 is 1.64 bits per heavy atom. The molecule has 1 aromatic heterocycles. The van der Waals surface area contributed by atoms with Crippen molar-refractivity contribution >= 4 is 29.2 Å². The van der Waals surface area contributed by atoms with E-state index < -0.39 is 0 Å². The second-order valence-electron chi connectivity index (χ2n) is 3.05. The predicted molar refractivity (Wildman–Crippen MR) is 63.1 cm³/mol. The monoisotopic (exact) mass is 231 g/mol. The highest BCUT2D eigenvalue weighted by Crippen LogP contribution is 2.17. The van der Waals surface area contributed by atoms with E-state index in [1.165, 1.54) is 6.33 Å². The first-order chi connectivity index (χ1) is 6.74. The van der Waals surface area contributed by atoms with Crippen molar-refractivity contribution in [2.45, 2.75) is 19.4 Å². The Kier molecular flexibility index (Phi) is 5.04. The maximum Gasteiger partial charge on any atom is 0.148 e. The molecule has 0 amide bonds. The van der Waals surface area contributed by atoms with Gasteiger partial charge in [0.2, 0.25) is 0 Å². The number of aromatic nitrogens is 2.